The molecule has 1 aliphatic rings. The van der Waals surface area contributed by atoms with Crippen LogP contribution >= 0.6 is 0 Å². The van der Waals surface area contributed by atoms with E-state index in [1.54, 1.807) is 0 Å². The van der Waals surface area contributed by atoms with E-state index in [2.05, 4.69) is 30.8 Å². The lowest BCUT2D eigenvalue weighted by atomic mass is 9.87. The predicted octanol–water partition coefficient (Wildman–Crippen LogP) is 1.88. The predicted molar refractivity (Wildman–Crippen MR) is 66.6 cm³/mol. The molecule has 0 spiro atoms. The van der Waals surface area contributed by atoms with E-state index in [1.165, 1.54) is 6.42 Å². The minimum atomic E-state index is 0.345. The Morgan fingerprint density at radius 2 is 2.19 bits per heavy atom. The molecule has 0 radical (unpaired) electrons. The number of oxime groups is 1. The highest BCUT2D eigenvalue weighted by molar-refractivity contribution is 5.80. The van der Waals surface area contributed by atoms with Crippen molar-refractivity contribution < 1.29 is 5.21 Å². The quantitative estimate of drug-likeness (QED) is 0.333. The zero-order valence-electron chi connectivity index (χ0n) is 10.7. The zero-order chi connectivity index (χ0) is 12.1. The van der Waals surface area contributed by atoms with Gasteiger partial charge in [0.2, 0.25) is 0 Å². The van der Waals surface area contributed by atoms with Crippen LogP contribution in [0, 0.1) is 11.8 Å². The molecule has 1 aliphatic heterocycles. The van der Waals surface area contributed by atoms with Gasteiger partial charge in [0.05, 0.1) is 0 Å². The third-order valence-corrected chi connectivity index (χ3v) is 3.93. The molecule has 4 nitrogen and oxygen atoms in total. The number of hydrogen-bond donors (Lipinski definition) is 2. The van der Waals surface area contributed by atoms with Gasteiger partial charge in [-0.05, 0) is 31.2 Å². The number of nitrogens with zero attached hydrogens (tertiary/aromatic N) is 2. The van der Waals surface area contributed by atoms with Crippen molar-refractivity contribution in [2.75, 3.05) is 13.1 Å². The molecule has 0 saturated carbocycles. The van der Waals surface area contributed by atoms with Gasteiger partial charge in [-0.1, -0.05) is 25.9 Å². The van der Waals surface area contributed by atoms with Crippen LogP contribution in [0.3, 0.4) is 0 Å². The van der Waals surface area contributed by atoms with Crippen molar-refractivity contribution in [3.8, 4) is 0 Å². The van der Waals surface area contributed by atoms with Gasteiger partial charge in [-0.25, -0.2) is 0 Å². The normalized spacial score (nSPS) is 30.3. The second-order valence-corrected chi connectivity index (χ2v) is 5.10. The Hall–Kier alpha value is -0.770. The fraction of sp³-hybridized carbons (Fsp3) is 0.917. The van der Waals surface area contributed by atoms with Crippen LogP contribution in [-0.2, 0) is 0 Å². The molecule has 3 atom stereocenters. The second kappa shape index (κ2) is 6.09. The van der Waals surface area contributed by atoms with E-state index in [4.69, 9.17) is 10.9 Å². The summed E-state index contributed by atoms with van der Waals surface area (Å²) in [6.45, 7) is 9.08. The van der Waals surface area contributed by atoms with Crippen LogP contribution in [0.15, 0.2) is 5.16 Å². The van der Waals surface area contributed by atoms with Gasteiger partial charge in [-0.15, -0.1) is 0 Å². The number of nitrogens with two attached hydrogens (primary N) is 1. The number of likely N-dealkylation sites (tertiary alicyclic amines) is 1. The lowest BCUT2D eigenvalue weighted by molar-refractivity contribution is 0.0954. The summed E-state index contributed by atoms with van der Waals surface area (Å²) < 4.78 is 0. The molecule has 0 aromatic heterocycles. The van der Waals surface area contributed by atoms with Crippen molar-refractivity contribution in [2.45, 2.75) is 46.1 Å². The van der Waals surface area contributed by atoms with Gasteiger partial charge in [-0.3, -0.25) is 4.90 Å². The van der Waals surface area contributed by atoms with Crippen LogP contribution in [0.25, 0.3) is 0 Å². The Kier molecular flexibility index (Phi) is 5.06. The third kappa shape index (κ3) is 3.37. The summed E-state index contributed by atoms with van der Waals surface area (Å²) in [4.78, 5) is 2.49. The molecule has 0 bridgehead atoms. The lowest BCUT2D eigenvalue weighted by Gasteiger charge is -2.39. The van der Waals surface area contributed by atoms with Crippen LogP contribution in [0.2, 0.25) is 0 Å². The number of hydrogen-bond acceptors (Lipinski definition) is 3. The average molecular weight is 227 g/mol. The van der Waals surface area contributed by atoms with E-state index in [0.29, 0.717) is 18.3 Å². The summed E-state index contributed by atoms with van der Waals surface area (Å²) in [6, 6.07) is 0.422. The second-order valence-electron chi connectivity index (χ2n) is 5.10. The summed E-state index contributed by atoms with van der Waals surface area (Å²) in [5.41, 5.74) is 5.59. The summed E-state index contributed by atoms with van der Waals surface area (Å²) in [5, 5.41) is 11.7. The maximum Gasteiger partial charge on any atom is 0.140 e. The van der Waals surface area contributed by atoms with Crippen LogP contribution < -0.4 is 5.73 Å². The Balaban J connectivity index is 2.53. The van der Waals surface area contributed by atoms with Gasteiger partial charge >= 0.3 is 0 Å². The smallest absolute Gasteiger partial charge is 0.140 e. The highest BCUT2D eigenvalue weighted by Gasteiger charge is 2.27. The first-order valence-electron chi connectivity index (χ1n) is 6.28. The van der Waals surface area contributed by atoms with Gasteiger partial charge in [0.25, 0.3) is 0 Å². The number of rotatable bonds is 4. The molecule has 3 unspecified atom stereocenters. The molecule has 1 heterocycles. The van der Waals surface area contributed by atoms with E-state index >= 15 is 0 Å². The Morgan fingerprint density at radius 3 is 2.69 bits per heavy atom. The van der Waals surface area contributed by atoms with Crippen molar-refractivity contribution in [1.29, 1.82) is 0 Å². The molecule has 0 aliphatic carbocycles. The van der Waals surface area contributed by atoms with Gasteiger partial charge in [0.15, 0.2) is 0 Å². The van der Waals surface area contributed by atoms with Gasteiger partial charge in [0.1, 0.15) is 5.84 Å². The summed E-state index contributed by atoms with van der Waals surface area (Å²) in [5.74, 6) is 1.91. The monoisotopic (exact) mass is 227 g/mol. The maximum absolute atomic E-state index is 8.62. The molecule has 94 valence electrons. The van der Waals surface area contributed by atoms with Crippen molar-refractivity contribution in [3.63, 3.8) is 0 Å². The first-order valence-corrected chi connectivity index (χ1v) is 6.28. The molecule has 1 rings (SSSR count). The molecule has 4 heteroatoms. The SMILES string of the molecule is CCC(CC(N)=NO)N1CCC(C)C(C)C1. The van der Waals surface area contributed by atoms with E-state index in [0.717, 1.165) is 31.3 Å². The average Bonchev–Trinajstić information content (AvgIpc) is 2.29. The van der Waals surface area contributed by atoms with Crippen molar-refractivity contribution in [3.05, 3.63) is 0 Å². The standard InChI is InChI=1S/C12H25N3O/c1-4-11(7-12(13)14-16)15-6-5-9(2)10(3)8-15/h9-11,16H,4-8H2,1-3H3,(H2,13,14). The van der Waals surface area contributed by atoms with Crippen molar-refractivity contribution in [2.24, 2.45) is 22.7 Å². The molecular formula is C12H25N3O. The molecule has 16 heavy (non-hydrogen) atoms. The Bertz CT molecular complexity index is 242. The van der Waals surface area contributed by atoms with Crippen molar-refractivity contribution >= 4 is 5.84 Å². The van der Waals surface area contributed by atoms with E-state index < -0.39 is 0 Å². The van der Waals surface area contributed by atoms with Crippen LogP contribution in [0.1, 0.15) is 40.0 Å². The lowest BCUT2D eigenvalue weighted by Crippen LogP contribution is -2.45. The highest BCUT2D eigenvalue weighted by atomic mass is 16.4. The van der Waals surface area contributed by atoms with Crippen LogP contribution in [0.4, 0.5) is 0 Å². The minimum absolute atomic E-state index is 0.345. The third-order valence-electron chi connectivity index (χ3n) is 3.93. The maximum atomic E-state index is 8.62. The fourth-order valence-corrected chi connectivity index (χ4v) is 2.44. The van der Waals surface area contributed by atoms with Gasteiger partial charge < -0.3 is 10.9 Å². The first-order chi connectivity index (χ1) is 7.58. The summed E-state index contributed by atoms with van der Waals surface area (Å²) in [6.07, 6.45) is 2.99. The molecule has 0 aromatic carbocycles. The zero-order valence-corrected chi connectivity index (χ0v) is 10.7. The van der Waals surface area contributed by atoms with Gasteiger partial charge in [-0.2, -0.15) is 0 Å². The number of piperidine rings is 1. The highest BCUT2D eigenvalue weighted by Crippen LogP contribution is 2.25. The largest absolute Gasteiger partial charge is 0.409 e. The van der Waals surface area contributed by atoms with E-state index in [-0.39, 0.29) is 0 Å². The number of amidine groups is 1. The van der Waals surface area contributed by atoms with Gasteiger partial charge in [0, 0.05) is 19.0 Å². The van der Waals surface area contributed by atoms with Crippen LogP contribution in [-0.4, -0.2) is 35.1 Å². The molecule has 1 fully saturated rings. The molecule has 0 amide bonds. The summed E-state index contributed by atoms with van der Waals surface area (Å²) >= 11 is 0. The first kappa shape index (κ1) is 13.3. The topological polar surface area (TPSA) is 61.9 Å². The Labute approximate surface area is 98.5 Å². The molecule has 0 aromatic rings. The molecule has 3 N–H and O–H groups in total. The minimum Gasteiger partial charge on any atom is -0.409 e. The fourth-order valence-electron chi connectivity index (χ4n) is 2.44. The van der Waals surface area contributed by atoms with Crippen LogP contribution in [0.5, 0.6) is 0 Å². The Morgan fingerprint density at radius 1 is 1.50 bits per heavy atom. The molecular weight excluding hydrogens is 202 g/mol. The molecule has 1 saturated heterocycles. The van der Waals surface area contributed by atoms with Crippen molar-refractivity contribution in [1.82, 2.24) is 4.90 Å². The van der Waals surface area contributed by atoms with E-state index in [9.17, 15) is 0 Å². The van der Waals surface area contributed by atoms with E-state index in [1.807, 2.05) is 0 Å². The summed E-state index contributed by atoms with van der Waals surface area (Å²) in [7, 11) is 0.